The molecule has 0 aromatic carbocycles. The summed E-state index contributed by atoms with van der Waals surface area (Å²) in [5, 5.41) is 17.0. The molecule has 0 atom stereocenters. The highest BCUT2D eigenvalue weighted by atomic mass is 19.4. The summed E-state index contributed by atoms with van der Waals surface area (Å²) in [5.74, 6) is -3.80. The Labute approximate surface area is 86.2 Å². The van der Waals surface area contributed by atoms with Crippen LogP contribution in [0.25, 0.3) is 0 Å². The van der Waals surface area contributed by atoms with E-state index in [2.05, 4.69) is 4.98 Å². The summed E-state index contributed by atoms with van der Waals surface area (Å²) in [6.07, 6.45) is -4.39. The van der Waals surface area contributed by atoms with Crippen molar-refractivity contribution in [1.82, 2.24) is 4.98 Å². The maximum absolute atomic E-state index is 12.5. The third-order valence-corrected chi connectivity index (χ3v) is 1.67. The van der Waals surface area contributed by atoms with Crippen LogP contribution in [0.2, 0.25) is 0 Å². The minimum Gasteiger partial charge on any atom is -0.478 e. The number of nitrogens with zero attached hydrogens (tertiary/aromatic N) is 1. The molecule has 0 bridgehead atoms. The van der Waals surface area contributed by atoms with Gasteiger partial charge in [-0.05, 0) is 6.07 Å². The first-order valence-corrected chi connectivity index (χ1v) is 3.78. The number of carbonyl (C=O) groups is 2. The molecule has 0 radical (unpaired) electrons. The van der Waals surface area contributed by atoms with Crippen LogP contribution in [-0.4, -0.2) is 27.1 Å². The van der Waals surface area contributed by atoms with E-state index in [9.17, 15) is 22.8 Å². The van der Waals surface area contributed by atoms with Gasteiger partial charge in [0.2, 0.25) is 0 Å². The molecule has 0 aliphatic rings. The lowest BCUT2D eigenvalue weighted by atomic mass is 10.1. The van der Waals surface area contributed by atoms with E-state index >= 15 is 0 Å². The maximum atomic E-state index is 12.5. The Balaban J connectivity index is 3.60. The van der Waals surface area contributed by atoms with Gasteiger partial charge in [0.25, 0.3) is 0 Å². The second-order valence-electron chi connectivity index (χ2n) is 2.69. The van der Waals surface area contributed by atoms with Crippen LogP contribution in [0.4, 0.5) is 13.2 Å². The van der Waals surface area contributed by atoms with Gasteiger partial charge in [0.05, 0.1) is 5.56 Å². The van der Waals surface area contributed by atoms with Gasteiger partial charge in [-0.2, -0.15) is 13.2 Å². The zero-order valence-electron chi connectivity index (χ0n) is 7.45. The van der Waals surface area contributed by atoms with E-state index in [1.165, 1.54) is 0 Å². The fourth-order valence-electron chi connectivity index (χ4n) is 1.09. The zero-order chi connectivity index (χ0) is 12.5. The number of carboxylic acid groups (broad SMARTS) is 2. The van der Waals surface area contributed by atoms with Crippen LogP contribution in [-0.2, 0) is 6.18 Å². The lowest BCUT2D eigenvalue weighted by molar-refractivity contribution is -0.138. The molecule has 0 aliphatic carbocycles. The third kappa shape index (κ3) is 2.10. The first-order chi connectivity index (χ1) is 7.25. The third-order valence-electron chi connectivity index (χ3n) is 1.67. The maximum Gasteiger partial charge on any atom is 0.419 e. The summed E-state index contributed by atoms with van der Waals surface area (Å²) >= 11 is 0. The van der Waals surface area contributed by atoms with Crippen LogP contribution in [0.5, 0.6) is 0 Å². The number of aromatic nitrogens is 1. The van der Waals surface area contributed by atoms with Crippen molar-refractivity contribution in [2.45, 2.75) is 6.18 Å². The molecule has 0 amide bonds. The topological polar surface area (TPSA) is 87.5 Å². The molecule has 1 heterocycles. The van der Waals surface area contributed by atoms with Crippen LogP contribution in [0.3, 0.4) is 0 Å². The second-order valence-corrected chi connectivity index (χ2v) is 2.69. The van der Waals surface area contributed by atoms with Crippen molar-refractivity contribution in [3.8, 4) is 0 Å². The molecule has 1 rings (SSSR count). The van der Waals surface area contributed by atoms with Gasteiger partial charge in [-0.15, -0.1) is 0 Å². The number of carboxylic acids is 2. The standard InChI is InChI=1S/C8H4F3NO4/c9-8(10,11)4-3(6(13)14)1-2-12-5(4)7(15)16/h1-2H,(H,13,14)(H,15,16). The molecule has 0 saturated carbocycles. The Kier molecular flexibility index (Phi) is 2.84. The van der Waals surface area contributed by atoms with E-state index in [4.69, 9.17) is 10.2 Å². The fraction of sp³-hybridized carbons (Fsp3) is 0.125. The van der Waals surface area contributed by atoms with E-state index < -0.39 is 34.9 Å². The van der Waals surface area contributed by atoms with Gasteiger partial charge in [-0.3, -0.25) is 0 Å². The summed E-state index contributed by atoms with van der Waals surface area (Å²) in [6.45, 7) is 0. The van der Waals surface area contributed by atoms with Crippen molar-refractivity contribution >= 4 is 11.9 Å². The number of pyridine rings is 1. The second kappa shape index (κ2) is 3.80. The molecule has 1 aromatic heterocycles. The van der Waals surface area contributed by atoms with Crippen molar-refractivity contribution in [1.29, 1.82) is 0 Å². The monoisotopic (exact) mass is 235 g/mol. The summed E-state index contributed by atoms with van der Waals surface area (Å²) in [5.41, 5.74) is -4.22. The number of aromatic carboxylic acids is 2. The van der Waals surface area contributed by atoms with Crippen LogP contribution < -0.4 is 0 Å². The highest BCUT2D eigenvalue weighted by Gasteiger charge is 2.40. The van der Waals surface area contributed by atoms with E-state index in [1.807, 2.05) is 0 Å². The van der Waals surface area contributed by atoms with Gasteiger partial charge in [-0.1, -0.05) is 0 Å². The number of hydrogen-bond acceptors (Lipinski definition) is 3. The molecular weight excluding hydrogens is 231 g/mol. The minimum atomic E-state index is -5.09. The Hall–Kier alpha value is -2.12. The van der Waals surface area contributed by atoms with Crippen molar-refractivity contribution in [3.05, 3.63) is 29.1 Å². The predicted octanol–water partition coefficient (Wildman–Crippen LogP) is 1.50. The molecule has 1 aromatic rings. The summed E-state index contributed by atoms with van der Waals surface area (Å²) in [6, 6.07) is 0.595. The number of hydrogen-bond donors (Lipinski definition) is 2. The molecule has 0 spiro atoms. The Bertz CT molecular complexity index is 423. The van der Waals surface area contributed by atoms with Crippen molar-refractivity contribution in [2.75, 3.05) is 0 Å². The first-order valence-electron chi connectivity index (χ1n) is 3.78. The van der Waals surface area contributed by atoms with Crippen LogP contribution in [0.15, 0.2) is 12.3 Å². The molecule has 0 aliphatic heterocycles. The average molecular weight is 235 g/mol. The first kappa shape index (κ1) is 12.0. The van der Waals surface area contributed by atoms with Gasteiger partial charge in [0, 0.05) is 6.20 Å². The lowest BCUT2D eigenvalue weighted by Gasteiger charge is -2.11. The average Bonchev–Trinajstić information content (AvgIpc) is 2.15. The predicted molar refractivity (Wildman–Crippen MR) is 43.2 cm³/mol. The Morgan fingerprint density at radius 2 is 1.75 bits per heavy atom. The van der Waals surface area contributed by atoms with E-state index in [-0.39, 0.29) is 0 Å². The molecule has 2 N–H and O–H groups in total. The number of halogens is 3. The Morgan fingerprint density at radius 1 is 1.19 bits per heavy atom. The van der Waals surface area contributed by atoms with Gasteiger partial charge in [-0.25, -0.2) is 14.6 Å². The lowest BCUT2D eigenvalue weighted by Crippen LogP contribution is -2.19. The summed E-state index contributed by atoms with van der Waals surface area (Å²) < 4.78 is 37.4. The van der Waals surface area contributed by atoms with Gasteiger partial charge in [0.1, 0.15) is 5.56 Å². The molecule has 86 valence electrons. The van der Waals surface area contributed by atoms with Gasteiger partial charge < -0.3 is 10.2 Å². The minimum absolute atomic E-state index is 0.595. The quantitative estimate of drug-likeness (QED) is 0.810. The largest absolute Gasteiger partial charge is 0.478 e. The summed E-state index contributed by atoms with van der Waals surface area (Å²) in [7, 11) is 0. The smallest absolute Gasteiger partial charge is 0.419 e. The Morgan fingerprint density at radius 3 is 2.12 bits per heavy atom. The normalized spacial score (nSPS) is 11.2. The molecule has 5 nitrogen and oxygen atoms in total. The van der Waals surface area contributed by atoms with E-state index in [1.54, 1.807) is 0 Å². The molecular formula is C8H4F3NO4. The zero-order valence-corrected chi connectivity index (χ0v) is 7.45. The van der Waals surface area contributed by atoms with Crippen molar-refractivity contribution in [2.24, 2.45) is 0 Å². The molecule has 16 heavy (non-hydrogen) atoms. The molecule has 8 heteroatoms. The van der Waals surface area contributed by atoms with E-state index in [0.29, 0.717) is 12.3 Å². The molecule has 0 saturated heterocycles. The van der Waals surface area contributed by atoms with Crippen LogP contribution in [0, 0.1) is 0 Å². The summed E-state index contributed by atoms with van der Waals surface area (Å²) in [4.78, 5) is 24.0. The SMILES string of the molecule is O=C(O)c1ccnc(C(=O)O)c1C(F)(F)F. The van der Waals surface area contributed by atoms with Crippen LogP contribution in [0.1, 0.15) is 26.4 Å². The van der Waals surface area contributed by atoms with Crippen LogP contribution >= 0.6 is 0 Å². The highest BCUT2D eigenvalue weighted by molar-refractivity contribution is 5.95. The van der Waals surface area contributed by atoms with Gasteiger partial charge >= 0.3 is 18.1 Å². The van der Waals surface area contributed by atoms with E-state index in [0.717, 1.165) is 0 Å². The number of alkyl halides is 3. The fourth-order valence-corrected chi connectivity index (χ4v) is 1.09. The van der Waals surface area contributed by atoms with Gasteiger partial charge in [0.15, 0.2) is 5.69 Å². The molecule has 0 fully saturated rings. The van der Waals surface area contributed by atoms with Crippen molar-refractivity contribution < 1.29 is 33.0 Å². The van der Waals surface area contributed by atoms with Crippen molar-refractivity contribution in [3.63, 3.8) is 0 Å². The molecule has 0 unspecified atom stereocenters. The highest BCUT2D eigenvalue weighted by Crippen LogP contribution is 2.33. The number of rotatable bonds is 2.